The summed E-state index contributed by atoms with van der Waals surface area (Å²) in [6.45, 7) is 0. The van der Waals surface area contributed by atoms with E-state index in [0.717, 1.165) is 41.3 Å². The van der Waals surface area contributed by atoms with Crippen molar-refractivity contribution in [3.05, 3.63) is 72.1 Å². The Morgan fingerprint density at radius 1 is 0.970 bits per heavy atom. The molecule has 0 saturated carbocycles. The van der Waals surface area contributed by atoms with E-state index >= 15 is 0 Å². The van der Waals surface area contributed by atoms with Gasteiger partial charge >= 0.3 is 6.36 Å². The van der Waals surface area contributed by atoms with Crippen molar-refractivity contribution in [3.63, 3.8) is 0 Å². The van der Waals surface area contributed by atoms with E-state index in [1.807, 2.05) is 0 Å². The van der Waals surface area contributed by atoms with Crippen molar-refractivity contribution in [3.8, 4) is 11.5 Å². The second-order valence-electron chi connectivity index (χ2n) is 6.66. The molecule has 0 fully saturated rings. The van der Waals surface area contributed by atoms with Gasteiger partial charge in [-0.15, -0.1) is 13.2 Å². The largest absolute Gasteiger partial charge is 0.573 e. The van der Waals surface area contributed by atoms with E-state index in [2.05, 4.69) is 14.4 Å². The van der Waals surface area contributed by atoms with Crippen molar-refractivity contribution in [2.24, 2.45) is 0 Å². The second-order valence-corrected chi connectivity index (χ2v) is 8.35. The molecule has 9 nitrogen and oxygen atoms in total. The quantitative estimate of drug-likeness (QED) is 0.425. The molecule has 0 aliphatic carbocycles. The lowest BCUT2D eigenvalue weighted by molar-refractivity contribution is -0.274. The maximum absolute atomic E-state index is 13.0. The number of anilines is 2. The highest BCUT2D eigenvalue weighted by atomic mass is 32.2. The van der Waals surface area contributed by atoms with Crippen LogP contribution >= 0.6 is 0 Å². The number of aromatic nitrogens is 1. The van der Waals surface area contributed by atoms with Crippen LogP contribution in [0, 0.1) is 0 Å². The molecule has 1 aliphatic rings. The summed E-state index contributed by atoms with van der Waals surface area (Å²) in [5.74, 6) is -2.94. The number of phenols is 1. The number of carbonyl (C=O) groups is 2. The van der Waals surface area contributed by atoms with Gasteiger partial charge in [-0.2, -0.15) is 0 Å². The maximum Gasteiger partial charge on any atom is 0.573 e. The standard InChI is InChI=1S/C20H12F3N3O6S/c21-20(22,23)32-12-3-5-13(6-4-12)33(30,31)25-14-7-8-15(27)17-16(14)18(28)26(19(17)29)11-2-1-9-24-10-11/h1-10,25,27H. The number of hydrogen-bond acceptors (Lipinski definition) is 7. The van der Waals surface area contributed by atoms with Gasteiger partial charge < -0.3 is 9.84 Å². The van der Waals surface area contributed by atoms with Gasteiger partial charge in [0.05, 0.1) is 33.6 Å². The third kappa shape index (κ3) is 4.17. The van der Waals surface area contributed by atoms with Crippen molar-refractivity contribution in [2.45, 2.75) is 11.3 Å². The Morgan fingerprint density at radius 2 is 1.64 bits per heavy atom. The van der Waals surface area contributed by atoms with Crippen molar-refractivity contribution < 1.29 is 41.0 Å². The number of halogens is 3. The molecular formula is C20H12F3N3O6S. The first-order valence-electron chi connectivity index (χ1n) is 9.01. The normalized spacial score (nSPS) is 13.7. The zero-order chi connectivity index (χ0) is 24.0. The van der Waals surface area contributed by atoms with Gasteiger partial charge in [-0.3, -0.25) is 19.3 Å². The summed E-state index contributed by atoms with van der Waals surface area (Å²) < 4.78 is 68.3. The van der Waals surface area contributed by atoms with Gasteiger partial charge in [-0.25, -0.2) is 13.3 Å². The fraction of sp³-hybridized carbons (Fsp3) is 0.0500. The van der Waals surface area contributed by atoms with E-state index in [1.54, 1.807) is 0 Å². The number of amides is 2. The molecule has 3 aromatic rings. The van der Waals surface area contributed by atoms with Crippen LogP contribution in [0.1, 0.15) is 20.7 Å². The van der Waals surface area contributed by atoms with Gasteiger partial charge in [0.15, 0.2) is 0 Å². The van der Waals surface area contributed by atoms with Gasteiger partial charge in [0.1, 0.15) is 11.5 Å². The Bertz CT molecular complexity index is 1360. The fourth-order valence-electron chi connectivity index (χ4n) is 3.18. The zero-order valence-electron chi connectivity index (χ0n) is 16.2. The number of rotatable bonds is 5. The van der Waals surface area contributed by atoms with Crippen LogP contribution in [-0.4, -0.2) is 36.7 Å². The van der Waals surface area contributed by atoms with Crippen LogP contribution in [0.5, 0.6) is 11.5 Å². The number of hydrogen-bond donors (Lipinski definition) is 2. The topological polar surface area (TPSA) is 126 Å². The van der Waals surface area contributed by atoms with Gasteiger partial charge in [-0.05, 0) is 48.5 Å². The molecule has 33 heavy (non-hydrogen) atoms. The summed E-state index contributed by atoms with van der Waals surface area (Å²) in [6.07, 6.45) is -2.28. The van der Waals surface area contributed by atoms with Crippen LogP contribution in [0.4, 0.5) is 24.5 Å². The molecule has 1 aliphatic heterocycles. The minimum absolute atomic E-state index is 0.108. The van der Waals surface area contributed by atoms with E-state index < -0.39 is 50.2 Å². The van der Waals surface area contributed by atoms with Crippen LogP contribution in [0.2, 0.25) is 0 Å². The summed E-state index contributed by atoms with van der Waals surface area (Å²) in [4.78, 5) is 29.9. The van der Waals surface area contributed by atoms with Crippen LogP contribution in [0.3, 0.4) is 0 Å². The van der Waals surface area contributed by atoms with Gasteiger partial charge in [0.2, 0.25) is 0 Å². The van der Waals surface area contributed by atoms with Crippen molar-refractivity contribution in [1.82, 2.24) is 4.98 Å². The fourth-order valence-corrected chi connectivity index (χ4v) is 4.25. The third-order valence-electron chi connectivity index (χ3n) is 4.53. The number of benzene rings is 2. The molecule has 0 saturated heterocycles. The van der Waals surface area contributed by atoms with E-state index in [-0.39, 0.29) is 16.9 Å². The van der Waals surface area contributed by atoms with E-state index in [4.69, 9.17) is 0 Å². The van der Waals surface area contributed by atoms with E-state index in [0.29, 0.717) is 0 Å². The number of nitrogens with one attached hydrogen (secondary N) is 1. The molecule has 1 aromatic heterocycles. The highest BCUT2D eigenvalue weighted by Crippen LogP contribution is 2.38. The predicted molar refractivity (Wildman–Crippen MR) is 107 cm³/mol. The van der Waals surface area contributed by atoms with Crippen LogP contribution in [0.15, 0.2) is 65.8 Å². The molecule has 2 amide bonds. The molecule has 0 spiro atoms. The number of carbonyl (C=O) groups excluding carboxylic acids is 2. The van der Waals surface area contributed by atoms with E-state index in [1.165, 1.54) is 24.5 Å². The molecule has 0 unspecified atom stereocenters. The summed E-state index contributed by atoms with van der Waals surface area (Å²) in [5.41, 5.74) is -0.984. The lowest BCUT2D eigenvalue weighted by Crippen LogP contribution is -2.29. The van der Waals surface area contributed by atoms with Crippen molar-refractivity contribution in [2.75, 3.05) is 9.62 Å². The molecule has 0 bridgehead atoms. The molecule has 2 aromatic carbocycles. The molecule has 0 atom stereocenters. The first-order valence-corrected chi connectivity index (χ1v) is 10.5. The average molecular weight is 479 g/mol. The molecule has 170 valence electrons. The number of sulfonamides is 1. The Labute approximate surface area is 184 Å². The first kappa shape index (κ1) is 22.1. The number of pyridine rings is 1. The van der Waals surface area contributed by atoms with Gasteiger partial charge in [0, 0.05) is 6.20 Å². The minimum atomic E-state index is -4.95. The third-order valence-corrected chi connectivity index (χ3v) is 5.91. The SMILES string of the molecule is O=C1c2c(O)ccc(NS(=O)(=O)c3ccc(OC(F)(F)F)cc3)c2C(=O)N1c1cccnc1. The number of phenolic OH excluding ortho intramolecular Hbond substituents is 1. The number of ether oxygens (including phenoxy) is 1. The van der Waals surface area contributed by atoms with Crippen molar-refractivity contribution >= 4 is 33.2 Å². The highest BCUT2D eigenvalue weighted by Gasteiger charge is 2.41. The first-order chi connectivity index (χ1) is 15.5. The van der Waals surface area contributed by atoms with Gasteiger partial charge in [0.25, 0.3) is 21.8 Å². The minimum Gasteiger partial charge on any atom is -0.507 e. The number of aromatic hydroxyl groups is 1. The number of imide groups is 1. The maximum atomic E-state index is 13.0. The monoisotopic (exact) mass is 479 g/mol. The zero-order valence-corrected chi connectivity index (χ0v) is 17.0. The lowest BCUT2D eigenvalue weighted by atomic mass is 10.1. The predicted octanol–water partition coefficient (Wildman–Crippen LogP) is 3.29. The second kappa shape index (κ2) is 7.78. The van der Waals surface area contributed by atoms with Gasteiger partial charge in [-0.1, -0.05) is 0 Å². The Hall–Kier alpha value is -4.13. The summed E-state index contributed by atoms with van der Waals surface area (Å²) in [7, 11) is -4.39. The Kier molecular flexibility index (Phi) is 5.20. The summed E-state index contributed by atoms with van der Waals surface area (Å²) in [5, 5.41) is 10.1. The number of nitrogens with zero attached hydrogens (tertiary/aromatic N) is 2. The lowest BCUT2D eigenvalue weighted by Gasteiger charge is -2.14. The summed E-state index contributed by atoms with van der Waals surface area (Å²) >= 11 is 0. The number of alkyl halides is 3. The number of fused-ring (bicyclic) bond motifs is 1. The van der Waals surface area contributed by atoms with Crippen LogP contribution in [-0.2, 0) is 10.0 Å². The Morgan fingerprint density at radius 3 is 2.24 bits per heavy atom. The summed E-state index contributed by atoms with van der Waals surface area (Å²) in [6, 6.07) is 8.40. The average Bonchev–Trinajstić information content (AvgIpc) is 3.01. The molecule has 2 heterocycles. The van der Waals surface area contributed by atoms with Crippen molar-refractivity contribution in [1.29, 1.82) is 0 Å². The molecular weight excluding hydrogens is 467 g/mol. The molecule has 2 N–H and O–H groups in total. The Balaban J connectivity index is 1.69. The van der Waals surface area contributed by atoms with Crippen LogP contribution < -0.4 is 14.4 Å². The van der Waals surface area contributed by atoms with Crippen LogP contribution in [0.25, 0.3) is 0 Å². The highest BCUT2D eigenvalue weighted by molar-refractivity contribution is 7.92. The van der Waals surface area contributed by atoms with E-state index in [9.17, 15) is 36.3 Å². The molecule has 0 radical (unpaired) electrons. The molecule has 13 heteroatoms. The molecule has 4 rings (SSSR count). The smallest absolute Gasteiger partial charge is 0.507 e.